The average Bonchev–Trinajstić information content (AvgIpc) is 2.22. The van der Waals surface area contributed by atoms with Crippen LogP contribution in [0.1, 0.15) is 12.8 Å². The van der Waals surface area contributed by atoms with Gasteiger partial charge in [0.05, 0.1) is 7.11 Å². The van der Waals surface area contributed by atoms with Gasteiger partial charge in [0.1, 0.15) is 6.04 Å². The van der Waals surface area contributed by atoms with Crippen LogP contribution >= 0.6 is 0 Å². The summed E-state index contributed by atoms with van der Waals surface area (Å²) in [4.78, 5) is 21.3. The largest absolute Gasteiger partial charge is 0.480 e. The molecule has 0 aromatic carbocycles. The van der Waals surface area contributed by atoms with Gasteiger partial charge >= 0.3 is 17.7 Å². The number of carboxylic acids is 1. The number of carbonyl (C=O) groups excluding carboxylic acids is 1. The molecule has 0 bridgehead atoms. The van der Waals surface area contributed by atoms with Gasteiger partial charge in [0.25, 0.3) is 10.0 Å². The molecular formula is C7H11F2NO6S. The zero-order chi connectivity index (χ0) is 13.6. The molecule has 1 atom stereocenters. The summed E-state index contributed by atoms with van der Waals surface area (Å²) in [5.41, 5.74) is 0. The Kier molecular flexibility index (Phi) is 5.96. The molecule has 0 aliphatic heterocycles. The monoisotopic (exact) mass is 275 g/mol. The maximum absolute atomic E-state index is 12.0. The standard InChI is InChI=1S/C7H11F2NO6S/c1-16-5(11)3-2-4(6(12)13)10-17(14,15)7(8)9/h4,7,10H,2-3H2,1H3,(H,12,13)/t4-/m0/s1. The van der Waals surface area contributed by atoms with E-state index in [0.717, 1.165) is 7.11 Å². The van der Waals surface area contributed by atoms with Gasteiger partial charge in [-0.1, -0.05) is 0 Å². The Morgan fingerprint density at radius 1 is 1.41 bits per heavy atom. The van der Waals surface area contributed by atoms with E-state index >= 15 is 0 Å². The fraction of sp³-hybridized carbons (Fsp3) is 0.714. The van der Waals surface area contributed by atoms with Gasteiger partial charge in [0.2, 0.25) is 0 Å². The van der Waals surface area contributed by atoms with Crippen LogP contribution in [0.3, 0.4) is 0 Å². The summed E-state index contributed by atoms with van der Waals surface area (Å²) in [5, 5.41) is 8.58. The summed E-state index contributed by atoms with van der Waals surface area (Å²) in [6.07, 6.45) is -0.882. The number of nitrogens with one attached hydrogen (secondary N) is 1. The van der Waals surface area contributed by atoms with Crippen LogP contribution in [0.5, 0.6) is 0 Å². The number of rotatable bonds is 7. The van der Waals surface area contributed by atoms with Gasteiger partial charge in [-0.15, -0.1) is 0 Å². The third-order valence-electron chi connectivity index (χ3n) is 1.70. The Bertz CT molecular complexity index is 382. The highest BCUT2D eigenvalue weighted by Crippen LogP contribution is 2.07. The number of alkyl halides is 2. The molecule has 0 spiro atoms. The van der Waals surface area contributed by atoms with Crippen LogP contribution in [-0.4, -0.2) is 44.4 Å². The number of aliphatic carboxylic acids is 1. The Morgan fingerprint density at radius 3 is 2.29 bits per heavy atom. The van der Waals surface area contributed by atoms with Crippen molar-refractivity contribution >= 4 is 22.0 Å². The van der Waals surface area contributed by atoms with Crippen molar-refractivity contribution in [3.8, 4) is 0 Å². The maximum atomic E-state index is 12.0. The molecule has 0 aromatic heterocycles. The van der Waals surface area contributed by atoms with Crippen molar-refractivity contribution in [2.24, 2.45) is 0 Å². The van der Waals surface area contributed by atoms with E-state index in [0.29, 0.717) is 0 Å². The summed E-state index contributed by atoms with van der Waals surface area (Å²) in [5.74, 6) is -6.16. The molecule has 0 saturated carbocycles. The van der Waals surface area contributed by atoms with E-state index in [1.807, 2.05) is 0 Å². The van der Waals surface area contributed by atoms with Crippen LogP contribution in [0.15, 0.2) is 0 Å². The normalized spacial score (nSPS) is 13.4. The molecule has 0 unspecified atom stereocenters. The molecule has 0 amide bonds. The van der Waals surface area contributed by atoms with Gasteiger partial charge in [0.15, 0.2) is 0 Å². The zero-order valence-electron chi connectivity index (χ0n) is 8.72. The van der Waals surface area contributed by atoms with Crippen molar-refractivity contribution < 1.29 is 36.6 Å². The molecular weight excluding hydrogens is 264 g/mol. The summed E-state index contributed by atoms with van der Waals surface area (Å²) >= 11 is 0. The lowest BCUT2D eigenvalue weighted by Crippen LogP contribution is -2.43. The Labute approximate surface area is 95.8 Å². The lowest BCUT2D eigenvalue weighted by atomic mass is 10.2. The smallest absolute Gasteiger partial charge is 0.350 e. The highest BCUT2D eigenvalue weighted by atomic mass is 32.2. The number of hydrogen-bond acceptors (Lipinski definition) is 5. The fourth-order valence-electron chi connectivity index (χ4n) is 0.847. The molecule has 100 valence electrons. The third-order valence-corrected chi connectivity index (χ3v) is 2.79. The summed E-state index contributed by atoms with van der Waals surface area (Å²) < 4.78 is 50.9. The van der Waals surface area contributed by atoms with Crippen LogP contribution in [-0.2, 0) is 24.3 Å². The molecule has 0 heterocycles. The summed E-state index contributed by atoms with van der Waals surface area (Å²) in [7, 11) is -3.96. The molecule has 10 heteroatoms. The van der Waals surface area contributed by atoms with Crippen molar-refractivity contribution in [1.29, 1.82) is 0 Å². The number of methoxy groups -OCH3 is 1. The van der Waals surface area contributed by atoms with E-state index in [1.165, 1.54) is 4.72 Å². The highest BCUT2D eigenvalue weighted by Gasteiger charge is 2.30. The SMILES string of the molecule is COC(=O)CC[C@H](NS(=O)(=O)C(F)F)C(=O)O. The second-order valence-corrected chi connectivity index (χ2v) is 4.61. The minimum atomic E-state index is -5.01. The molecule has 0 fully saturated rings. The molecule has 0 aliphatic rings. The van der Waals surface area contributed by atoms with Crippen molar-refractivity contribution in [3.63, 3.8) is 0 Å². The Balaban J connectivity index is 4.57. The Morgan fingerprint density at radius 2 is 1.94 bits per heavy atom. The summed E-state index contributed by atoms with van der Waals surface area (Å²) in [6.45, 7) is 0. The van der Waals surface area contributed by atoms with E-state index in [4.69, 9.17) is 5.11 Å². The van der Waals surface area contributed by atoms with E-state index in [2.05, 4.69) is 4.74 Å². The molecule has 0 aromatic rings. The fourth-order valence-corrected chi connectivity index (χ4v) is 1.56. The quantitative estimate of drug-likeness (QED) is 0.608. The first-order chi connectivity index (χ1) is 7.70. The lowest BCUT2D eigenvalue weighted by Gasteiger charge is -2.13. The zero-order valence-corrected chi connectivity index (χ0v) is 9.54. The van der Waals surface area contributed by atoms with Gasteiger partial charge in [-0.2, -0.15) is 13.5 Å². The van der Waals surface area contributed by atoms with Crippen LogP contribution < -0.4 is 4.72 Å². The van der Waals surface area contributed by atoms with Gasteiger partial charge in [0, 0.05) is 6.42 Å². The third kappa shape index (κ3) is 5.54. The second-order valence-electron chi connectivity index (χ2n) is 2.93. The lowest BCUT2D eigenvalue weighted by molar-refractivity contribution is -0.142. The maximum Gasteiger partial charge on any atom is 0.350 e. The number of halogens is 2. The molecule has 7 nitrogen and oxygen atoms in total. The number of hydrogen-bond donors (Lipinski definition) is 2. The van der Waals surface area contributed by atoms with E-state index < -0.39 is 46.6 Å². The van der Waals surface area contributed by atoms with E-state index in [9.17, 15) is 26.8 Å². The first-order valence-corrected chi connectivity index (χ1v) is 5.84. The van der Waals surface area contributed by atoms with Crippen molar-refractivity contribution in [2.45, 2.75) is 24.6 Å². The van der Waals surface area contributed by atoms with Gasteiger partial charge in [-0.3, -0.25) is 9.59 Å². The van der Waals surface area contributed by atoms with E-state index in [1.54, 1.807) is 0 Å². The van der Waals surface area contributed by atoms with Crippen molar-refractivity contribution in [1.82, 2.24) is 4.72 Å². The van der Waals surface area contributed by atoms with Crippen LogP contribution in [0.2, 0.25) is 0 Å². The van der Waals surface area contributed by atoms with Crippen LogP contribution in [0.25, 0.3) is 0 Å². The van der Waals surface area contributed by atoms with Gasteiger partial charge in [-0.05, 0) is 6.42 Å². The second kappa shape index (κ2) is 6.45. The number of carbonyl (C=O) groups is 2. The molecule has 2 N–H and O–H groups in total. The molecule has 0 aliphatic carbocycles. The molecule has 17 heavy (non-hydrogen) atoms. The average molecular weight is 275 g/mol. The van der Waals surface area contributed by atoms with Gasteiger partial charge < -0.3 is 9.84 Å². The van der Waals surface area contributed by atoms with Crippen LogP contribution in [0.4, 0.5) is 8.78 Å². The summed E-state index contributed by atoms with van der Waals surface area (Å²) in [6, 6.07) is -1.80. The minimum Gasteiger partial charge on any atom is -0.480 e. The number of sulfonamides is 1. The predicted molar refractivity (Wildman–Crippen MR) is 50.7 cm³/mol. The van der Waals surface area contributed by atoms with E-state index in [-0.39, 0.29) is 0 Å². The molecule has 0 rings (SSSR count). The molecule has 0 radical (unpaired) electrons. The number of carboxylic acid groups (broad SMARTS) is 1. The highest BCUT2D eigenvalue weighted by molar-refractivity contribution is 7.89. The predicted octanol–water partition coefficient (Wildman–Crippen LogP) is -0.465. The van der Waals surface area contributed by atoms with Crippen molar-refractivity contribution in [3.05, 3.63) is 0 Å². The Hall–Kier alpha value is -1.29. The first kappa shape index (κ1) is 15.7. The van der Waals surface area contributed by atoms with Crippen LogP contribution in [0, 0.1) is 0 Å². The molecule has 0 saturated heterocycles. The topological polar surface area (TPSA) is 110 Å². The first-order valence-electron chi connectivity index (χ1n) is 4.29. The minimum absolute atomic E-state index is 0.404. The van der Waals surface area contributed by atoms with Crippen molar-refractivity contribution in [2.75, 3.05) is 7.11 Å². The number of esters is 1. The van der Waals surface area contributed by atoms with Gasteiger partial charge in [-0.25, -0.2) is 8.42 Å². The number of ether oxygens (including phenoxy) is 1.